The fraction of sp³-hybridized carbons (Fsp3) is 0.438. The average Bonchev–Trinajstić information content (AvgIpc) is 3.04. The first-order valence-corrected chi connectivity index (χ1v) is 8.48. The van der Waals surface area contributed by atoms with E-state index in [1.807, 2.05) is 38.1 Å². The van der Waals surface area contributed by atoms with Crippen molar-refractivity contribution in [1.29, 1.82) is 0 Å². The lowest BCUT2D eigenvalue weighted by atomic mass is 10.2. The summed E-state index contributed by atoms with van der Waals surface area (Å²) in [4.78, 5) is 18.8. The summed E-state index contributed by atoms with van der Waals surface area (Å²) in [7, 11) is 0. The Balaban J connectivity index is 1.64. The molecule has 7 heteroatoms. The van der Waals surface area contributed by atoms with Crippen LogP contribution in [0.15, 0.2) is 24.3 Å². The van der Waals surface area contributed by atoms with Gasteiger partial charge in [-0.1, -0.05) is 13.8 Å². The predicted octanol–water partition coefficient (Wildman–Crippen LogP) is 2.75. The minimum atomic E-state index is -0.162. The lowest BCUT2D eigenvalue weighted by Gasteiger charge is -2.28. The van der Waals surface area contributed by atoms with Gasteiger partial charge in [0.1, 0.15) is 5.82 Å². The number of rotatable bonds is 4. The summed E-state index contributed by atoms with van der Waals surface area (Å²) in [6.07, 6.45) is 0. The molecule has 2 aromatic rings. The Labute approximate surface area is 139 Å². The van der Waals surface area contributed by atoms with Crippen molar-refractivity contribution in [3.05, 3.63) is 35.7 Å². The molecule has 0 unspecified atom stereocenters. The maximum atomic E-state index is 12.3. The first-order valence-electron chi connectivity index (χ1n) is 7.71. The Morgan fingerprint density at radius 2 is 1.96 bits per heavy atom. The van der Waals surface area contributed by atoms with E-state index >= 15 is 0 Å². The van der Waals surface area contributed by atoms with Crippen molar-refractivity contribution in [1.82, 2.24) is 9.36 Å². The Morgan fingerprint density at radius 3 is 2.57 bits per heavy atom. The molecule has 1 N–H and O–H groups in total. The normalized spacial score (nSPS) is 15.0. The Morgan fingerprint density at radius 1 is 1.26 bits per heavy atom. The van der Waals surface area contributed by atoms with Crippen LogP contribution in [0.25, 0.3) is 0 Å². The SMILES string of the molecule is CC(C)c1nsc(NC(=O)c2ccc(N3CCOCC3)cc2)n1. The molecule has 2 heterocycles. The summed E-state index contributed by atoms with van der Waals surface area (Å²) in [6.45, 7) is 7.31. The second kappa shape index (κ2) is 7.06. The molecule has 6 nitrogen and oxygen atoms in total. The molecule has 0 saturated carbocycles. The van der Waals surface area contributed by atoms with Gasteiger partial charge in [-0.25, -0.2) is 4.98 Å². The molecule has 1 aliphatic heterocycles. The molecule has 1 fully saturated rings. The van der Waals surface area contributed by atoms with Crippen LogP contribution < -0.4 is 10.2 Å². The highest BCUT2D eigenvalue weighted by Crippen LogP contribution is 2.20. The monoisotopic (exact) mass is 332 g/mol. The molecule has 3 rings (SSSR count). The van der Waals surface area contributed by atoms with E-state index in [0.29, 0.717) is 10.7 Å². The van der Waals surface area contributed by atoms with Crippen molar-refractivity contribution >= 4 is 28.3 Å². The number of aromatic nitrogens is 2. The number of amides is 1. The van der Waals surface area contributed by atoms with Gasteiger partial charge in [-0.3, -0.25) is 10.1 Å². The van der Waals surface area contributed by atoms with Crippen molar-refractivity contribution < 1.29 is 9.53 Å². The zero-order chi connectivity index (χ0) is 16.2. The molecule has 0 radical (unpaired) electrons. The largest absolute Gasteiger partial charge is 0.378 e. The van der Waals surface area contributed by atoms with Gasteiger partial charge in [-0.15, -0.1) is 0 Å². The number of nitrogens with one attached hydrogen (secondary N) is 1. The quantitative estimate of drug-likeness (QED) is 0.932. The Bertz CT molecular complexity index is 663. The zero-order valence-corrected chi connectivity index (χ0v) is 14.1. The minimum Gasteiger partial charge on any atom is -0.378 e. The van der Waals surface area contributed by atoms with Gasteiger partial charge in [0.25, 0.3) is 5.91 Å². The fourth-order valence-electron chi connectivity index (χ4n) is 2.33. The minimum absolute atomic E-state index is 0.162. The van der Waals surface area contributed by atoms with Gasteiger partial charge < -0.3 is 9.64 Å². The van der Waals surface area contributed by atoms with Gasteiger partial charge in [0, 0.05) is 41.8 Å². The van der Waals surface area contributed by atoms with Crippen molar-refractivity contribution in [2.75, 3.05) is 36.5 Å². The van der Waals surface area contributed by atoms with Crippen molar-refractivity contribution in [2.24, 2.45) is 0 Å². The van der Waals surface area contributed by atoms with Gasteiger partial charge in [-0.2, -0.15) is 4.37 Å². The van der Waals surface area contributed by atoms with Crippen molar-refractivity contribution in [2.45, 2.75) is 19.8 Å². The Hall–Kier alpha value is -1.99. The highest BCUT2D eigenvalue weighted by atomic mass is 32.1. The molecule has 1 aromatic carbocycles. The Kier molecular flexibility index (Phi) is 4.88. The van der Waals surface area contributed by atoms with Gasteiger partial charge in [0.05, 0.1) is 13.2 Å². The van der Waals surface area contributed by atoms with E-state index in [9.17, 15) is 4.79 Å². The third-order valence-electron chi connectivity index (χ3n) is 3.68. The summed E-state index contributed by atoms with van der Waals surface area (Å²) in [6, 6.07) is 7.62. The average molecular weight is 332 g/mol. The summed E-state index contributed by atoms with van der Waals surface area (Å²) >= 11 is 1.21. The van der Waals surface area contributed by atoms with Crippen LogP contribution in [0.5, 0.6) is 0 Å². The molecule has 0 bridgehead atoms. The number of benzene rings is 1. The molecule has 1 amide bonds. The van der Waals surface area contributed by atoms with Crippen LogP contribution in [0, 0.1) is 0 Å². The molecule has 23 heavy (non-hydrogen) atoms. The molecular weight excluding hydrogens is 312 g/mol. The summed E-state index contributed by atoms with van der Waals surface area (Å²) in [5, 5.41) is 3.34. The number of morpholine rings is 1. The lowest BCUT2D eigenvalue weighted by molar-refractivity contribution is 0.102. The van der Waals surface area contributed by atoms with Gasteiger partial charge >= 0.3 is 0 Å². The highest BCUT2D eigenvalue weighted by molar-refractivity contribution is 7.09. The first kappa shape index (κ1) is 15.9. The number of carbonyl (C=O) groups excluding carboxylic acids is 1. The molecule has 1 aromatic heterocycles. The van der Waals surface area contributed by atoms with E-state index in [1.165, 1.54) is 11.5 Å². The maximum absolute atomic E-state index is 12.3. The second-order valence-corrected chi connectivity index (χ2v) is 6.46. The van der Waals surface area contributed by atoms with E-state index < -0.39 is 0 Å². The van der Waals surface area contributed by atoms with E-state index in [4.69, 9.17) is 4.74 Å². The smallest absolute Gasteiger partial charge is 0.257 e. The van der Waals surface area contributed by atoms with Crippen LogP contribution in [-0.2, 0) is 4.74 Å². The molecule has 122 valence electrons. The number of anilines is 2. The fourth-order valence-corrected chi connectivity index (χ4v) is 3.04. The highest BCUT2D eigenvalue weighted by Gasteiger charge is 2.14. The summed E-state index contributed by atoms with van der Waals surface area (Å²) < 4.78 is 9.59. The molecule has 0 aliphatic carbocycles. The van der Waals surface area contributed by atoms with Gasteiger partial charge in [0.2, 0.25) is 5.13 Å². The maximum Gasteiger partial charge on any atom is 0.257 e. The molecule has 0 spiro atoms. The number of hydrogen-bond acceptors (Lipinski definition) is 6. The molecule has 0 atom stereocenters. The topological polar surface area (TPSA) is 67.4 Å². The number of nitrogens with zero attached hydrogens (tertiary/aromatic N) is 3. The van der Waals surface area contributed by atoms with Crippen molar-refractivity contribution in [3.63, 3.8) is 0 Å². The second-order valence-electron chi connectivity index (χ2n) is 5.71. The van der Waals surface area contributed by atoms with Crippen LogP contribution in [-0.4, -0.2) is 41.6 Å². The number of hydrogen-bond donors (Lipinski definition) is 1. The number of ether oxygens (including phenoxy) is 1. The van der Waals surface area contributed by atoms with Crippen LogP contribution in [0.1, 0.15) is 35.9 Å². The molecule has 1 aliphatic rings. The first-order chi connectivity index (χ1) is 11.1. The van der Waals surface area contributed by atoms with Gasteiger partial charge in [-0.05, 0) is 24.3 Å². The lowest BCUT2D eigenvalue weighted by Crippen LogP contribution is -2.36. The van der Waals surface area contributed by atoms with Crippen LogP contribution in [0.4, 0.5) is 10.8 Å². The van der Waals surface area contributed by atoms with Crippen LogP contribution in [0.2, 0.25) is 0 Å². The summed E-state index contributed by atoms with van der Waals surface area (Å²) in [5.74, 6) is 0.850. The van der Waals surface area contributed by atoms with Crippen LogP contribution >= 0.6 is 11.5 Å². The van der Waals surface area contributed by atoms with E-state index in [-0.39, 0.29) is 11.8 Å². The predicted molar refractivity (Wildman–Crippen MR) is 91.4 cm³/mol. The van der Waals surface area contributed by atoms with Gasteiger partial charge in [0.15, 0.2) is 0 Å². The summed E-state index contributed by atoms with van der Waals surface area (Å²) in [5.41, 5.74) is 1.73. The molecule has 1 saturated heterocycles. The number of carbonyl (C=O) groups is 1. The third-order valence-corrected chi connectivity index (χ3v) is 4.33. The molecular formula is C16H20N4O2S. The van der Waals surface area contributed by atoms with Crippen LogP contribution in [0.3, 0.4) is 0 Å². The van der Waals surface area contributed by atoms with E-state index in [2.05, 4.69) is 19.6 Å². The van der Waals surface area contributed by atoms with E-state index in [1.54, 1.807) is 0 Å². The van der Waals surface area contributed by atoms with E-state index in [0.717, 1.165) is 37.8 Å². The standard InChI is InChI=1S/C16H20N4O2S/c1-11(2)14-17-16(23-19-14)18-15(21)12-3-5-13(6-4-12)20-7-9-22-10-8-20/h3-6,11H,7-10H2,1-2H3,(H,17,18,19,21). The zero-order valence-electron chi connectivity index (χ0n) is 13.3. The van der Waals surface area contributed by atoms with Crippen molar-refractivity contribution in [3.8, 4) is 0 Å². The third kappa shape index (κ3) is 3.86.